The Morgan fingerprint density at radius 2 is 1.67 bits per heavy atom. The fourth-order valence-electron chi connectivity index (χ4n) is 1.85. The molecule has 2 nitrogen and oxygen atoms in total. The second-order valence-electron chi connectivity index (χ2n) is 4.84. The quantitative estimate of drug-likeness (QED) is 0.477. The molecule has 128 valence electrons. The number of alkyl halides is 4. The SMILES string of the molecule is O=C(Cc1ccc(Cl)c(Cl)c1)c1ccc(OC(F)(F)C(F)F)cc1. The molecule has 0 aliphatic heterocycles. The van der Waals surface area contributed by atoms with Crippen molar-refractivity contribution in [3.05, 3.63) is 63.6 Å². The van der Waals surface area contributed by atoms with Crippen molar-refractivity contribution in [2.75, 3.05) is 0 Å². The molecule has 0 bridgehead atoms. The Bertz CT molecular complexity index is 733. The van der Waals surface area contributed by atoms with Gasteiger partial charge in [-0.1, -0.05) is 29.3 Å². The highest BCUT2D eigenvalue weighted by molar-refractivity contribution is 6.42. The first-order chi connectivity index (χ1) is 11.2. The summed E-state index contributed by atoms with van der Waals surface area (Å²) in [5.74, 6) is -0.771. The van der Waals surface area contributed by atoms with Gasteiger partial charge < -0.3 is 4.74 Å². The van der Waals surface area contributed by atoms with Crippen LogP contribution in [0.25, 0.3) is 0 Å². The molecule has 0 fully saturated rings. The molecule has 2 rings (SSSR count). The monoisotopic (exact) mass is 380 g/mol. The lowest BCUT2D eigenvalue weighted by molar-refractivity contribution is -0.253. The van der Waals surface area contributed by atoms with Crippen molar-refractivity contribution in [3.63, 3.8) is 0 Å². The van der Waals surface area contributed by atoms with Crippen LogP contribution in [-0.2, 0) is 6.42 Å². The first kappa shape index (κ1) is 18.5. The van der Waals surface area contributed by atoms with Crippen LogP contribution in [0.1, 0.15) is 15.9 Å². The Balaban J connectivity index is 2.07. The van der Waals surface area contributed by atoms with E-state index < -0.39 is 18.3 Å². The van der Waals surface area contributed by atoms with Gasteiger partial charge in [-0.3, -0.25) is 4.79 Å². The van der Waals surface area contributed by atoms with Crippen LogP contribution in [0, 0.1) is 0 Å². The van der Waals surface area contributed by atoms with E-state index in [0.29, 0.717) is 15.6 Å². The van der Waals surface area contributed by atoms with E-state index in [1.807, 2.05) is 0 Å². The van der Waals surface area contributed by atoms with Crippen molar-refractivity contribution in [1.82, 2.24) is 0 Å². The molecule has 0 saturated heterocycles. The number of halogens is 6. The van der Waals surface area contributed by atoms with E-state index in [-0.39, 0.29) is 17.8 Å². The predicted octanol–water partition coefficient (Wildman–Crippen LogP) is 5.66. The second-order valence-corrected chi connectivity index (χ2v) is 5.65. The average molecular weight is 381 g/mol. The highest BCUT2D eigenvalue weighted by Gasteiger charge is 2.43. The third-order valence-corrected chi connectivity index (χ3v) is 3.77. The van der Waals surface area contributed by atoms with Crippen LogP contribution in [-0.4, -0.2) is 18.3 Å². The van der Waals surface area contributed by atoms with Gasteiger partial charge in [-0.15, -0.1) is 0 Å². The zero-order valence-corrected chi connectivity index (χ0v) is 13.4. The molecule has 8 heteroatoms. The van der Waals surface area contributed by atoms with Gasteiger partial charge in [0.25, 0.3) is 0 Å². The molecule has 0 spiro atoms. The fourth-order valence-corrected chi connectivity index (χ4v) is 2.17. The summed E-state index contributed by atoms with van der Waals surface area (Å²) in [5, 5.41) is 0.661. The summed E-state index contributed by atoms with van der Waals surface area (Å²) in [6, 6.07) is 9.22. The van der Waals surface area contributed by atoms with Gasteiger partial charge in [0.1, 0.15) is 5.75 Å². The zero-order valence-electron chi connectivity index (χ0n) is 11.9. The number of rotatable bonds is 6. The van der Waals surface area contributed by atoms with Crippen molar-refractivity contribution in [2.45, 2.75) is 19.0 Å². The maximum atomic E-state index is 12.8. The minimum absolute atomic E-state index is 0.0181. The Morgan fingerprint density at radius 3 is 2.21 bits per heavy atom. The predicted molar refractivity (Wildman–Crippen MR) is 82.5 cm³/mol. The van der Waals surface area contributed by atoms with Crippen LogP contribution in [0.5, 0.6) is 5.75 Å². The van der Waals surface area contributed by atoms with Gasteiger partial charge in [-0.05, 0) is 42.0 Å². The number of ketones is 1. The van der Waals surface area contributed by atoms with Gasteiger partial charge in [0, 0.05) is 12.0 Å². The molecule has 0 amide bonds. The van der Waals surface area contributed by atoms with Crippen LogP contribution in [0.15, 0.2) is 42.5 Å². The molecular formula is C16H10Cl2F4O2. The van der Waals surface area contributed by atoms with Crippen molar-refractivity contribution >= 4 is 29.0 Å². The van der Waals surface area contributed by atoms with E-state index in [1.54, 1.807) is 18.2 Å². The van der Waals surface area contributed by atoms with Crippen molar-refractivity contribution < 1.29 is 27.1 Å². The molecule has 0 heterocycles. The average Bonchev–Trinajstić information content (AvgIpc) is 2.51. The van der Waals surface area contributed by atoms with E-state index in [0.717, 1.165) is 12.1 Å². The molecule has 0 aromatic heterocycles. The minimum Gasteiger partial charge on any atom is -0.428 e. The lowest BCUT2D eigenvalue weighted by Crippen LogP contribution is -2.33. The van der Waals surface area contributed by atoms with Gasteiger partial charge in [0.05, 0.1) is 10.0 Å². The second kappa shape index (κ2) is 7.40. The lowest BCUT2D eigenvalue weighted by atomic mass is 10.0. The smallest absolute Gasteiger partial charge is 0.428 e. The summed E-state index contributed by atoms with van der Waals surface area (Å²) in [6.45, 7) is 0. The summed E-state index contributed by atoms with van der Waals surface area (Å²) >= 11 is 11.6. The number of Topliss-reactive ketones (excluding diaryl/α,β-unsaturated/α-hetero) is 1. The Labute approximate surface area is 144 Å². The van der Waals surface area contributed by atoms with E-state index in [1.165, 1.54) is 12.1 Å². The van der Waals surface area contributed by atoms with Crippen LogP contribution in [0.4, 0.5) is 17.6 Å². The van der Waals surface area contributed by atoms with Crippen LogP contribution in [0.3, 0.4) is 0 Å². The van der Waals surface area contributed by atoms with Gasteiger partial charge in [-0.2, -0.15) is 17.6 Å². The first-order valence-corrected chi connectivity index (χ1v) is 7.37. The molecule has 0 unspecified atom stereocenters. The standard InChI is InChI=1S/C16H10Cl2F4O2/c17-12-6-1-9(7-13(12)18)8-14(23)10-2-4-11(5-3-10)24-16(21,22)15(19)20/h1-7,15H,8H2. The topological polar surface area (TPSA) is 26.3 Å². The molecule has 0 atom stereocenters. The molecule has 0 N–H and O–H groups in total. The summed E-state index contributed by atoms with van der Waals surface area (Å²) in [6.07, 6.45) is -8.52. The molecule has 0 radical (unpaired) electrons. The van der Waals surface area contributed by atoms with E-state index in [4.69, 9.17) is 23.2 Å². The van der Waals surface area contributed by atoms with Crippen molar-refractivity contribution in [2.24, 2.45) is 0 Å². The van der Waals surface area contributed by atoms with Crippen molar-refractivity contribution in [1.29, 1.82) is 0 Å². The molecule has 2 aromatic carbocycles. The van der Waals surface area contributed by atoms with Crippen LogP contribution >= 0.6 is 23.2 Å². The molecule has 24 heavy (non-hydrogen) atoms. The van der Waals surface area contributed by atoms with Gasteiger partial charge >= 0.3 is 12.5 Å². The maximum Gasteiger partial charge on any atom is 0.461 e. The Hall–Kier alpha value is -1.79. The van der Waals surface area contributed by atoms with Crippen molar-refractivity contribution in [3.8, 4) is 5.75 Å². The summed E-state index contributed by atoms with van der Waals surface area (Å²) < 4.78 is 53.6. The maximum absolute atomic E-state index is 12.8. The number of hydrogen-bond acceptors (Lipinski definition) is 2. The van der Waals surface area contributed by atoms with Gasteiger partial charge in [-0.25, -0.2) is 0 Å². The van der Waals surface area contributed by atoms with E-state index in [2.05, 4.69) is 4.74 Å². The highest BCUT2D eigenvalue weighted by Crippen LogP contribution is 2.28. The number of carbonyl (C=O) groups excluding carboxylic acids is 1. The minimum atomic E-state index is -4.59. The largest absolute Gasteiger partial charge is 0.461 e. The summed E-state index contributed by atoms with van der Waals surface area (Å²) in [7, 11) is 0. The molecule has 0 aliphatic rings. The third kappa shape index (κ3) is 4.61. The number of carbonyl (C=O) groups is 1. The first-order valence-electron chi connectivity index (χ1n) is 6.61. The Kier molecular flexibility index (Phi) is 5.72. The lowest BCUT2D eigenvalue weighted by Gasteiger charge is -2.16. The highest BCUT2D eigenvalue weighted by atomic mass is 35.5. The zero-order chi connectivity index (χ0) is 17.9. The molecule has 0 saturated carbocycles. The number of hydrogen-bond donors (Lipinski definition) is 0. The van der Waals surface area contributed by atoms with Gasteiger partial charge in [0.2, 0.25) is 0 Å². The Morgan fingerprint density at radius 1 is 1.04 bits per heavy atom. The fraction of sp³-hybridized carbons (Fsp3) is 0.188. The summed E-state index contributed by atoms with van der Waals surface area (Å²) in [4.78, 5) is 12.1. The number of ether oxygens (including phenoxy) is 1. The normalized spacial score (nSPS) is 11.6. The third-order valence-electron chi connectivity index (χ3n) is 3.03. The van der Waals surface area contributed by atoms with E-state index >= 15 is 0 Å². The molecular weight excluding hydrogens is 371 g/mol. The molecule has 0 aliphatic carbocycles. The summed E-state index contributed by atoms with van der Waals surface area (Å²) in [5.41, 5.74) is 0.841. The van der Waals surface area contributed by atoms with Crippen LogP contribution in [0.2, 0.25) is 10.0 Å². The van der Waals surface area contributed by atoms with Crippen LogP contribution < -0.4 is 4.74 Å². The van der Waals surface area contributed by atoms with Gasteiger partial charge in [0.15, 0.2) is 5.78 Å². The molecule has 2 aromatic rings. The number of benzene rings is 2. The van der Waals surface area contributed by atoms with E-state index in [9.17, 15) is 22.4 Å².